The summed E-state index contributed by atoms with van der Waals surface area (Å²) in [5.41, 5.74) is 14.5. The number of ether oxygens (including phenoxy) is 3. The molecule has 0 bridgehead atoms. The third kappa shape index (κ3) is 5.02. The normalized spacial score (nSPS) is 15.0. The smallest absolute Gasteiger partial charge is 0.160 e. The van der Waals surface area contributed by atoms with Gasteiger partial charge in [0.2, 0.25) is 0 Å². The predicted molar refractivity (Wildman–Crippen MR) is 263 cm³/mol. The minimum atomic E-state index is -2.94. The highest BCUT2D eigenvalue weighted by molar-refractivity contribution is 8.26. The van der Waals surface area contributed by atoms with Crippen molar-refractivity contribution < 1.29 is 14.2 Å². The van der Waals surface area contributed by atoms with Gasteiger partial charge in [-0.1, -0.05) is 156 Å². The van der Waals surface area contributed by atoms with E-state index in [1.54, 1.807) is 0 Å². The first kappa shape index (κ1) is 37.0. The van der Waals surface area contributed by atoms with Crippen molar-refractivity contribution in [3.05, 3.63) is 163 Å². The summed E-state index contributed by atoms with van der Waals surface area (Å²) in [5, 5.41) is 3.20. The zero-order valence-electron chi connectivity index (χ0n) is 35.9. The van der Waals surface area contributed by atoms with Crippen LogP contribution in [-0.2, 0) is 22.6 Å². The summed E-state index contributed by atoms with van der Waals surface area (Å²) >= 11 is 7.54. The topological polar surface area (TPSA) is 34.2 Å². The summed E-state index contributed by atoms with van der Waals surface area (Å²) in [7, 11) is 0. The van der Waals surface area contributed by atoms with E-state index in [0.29, 0.717) is 0 Å². The molecule has 0 radical (unpaired) electrons. The molecule has 0 amide bonds. The van der Waals surface area contributed by atoms with Crippen LogP contribution in [-0.4, -0.2) is 0 Å². The lowest BCUT2D eigenvalue weighted by Crippen LogP contribution is -2.46. The summed E-state index contributed by atoms with van der Waals surface area (Å²) in [4.78, 5) is 4.90. The van der Waals surface area contributed by atoms with Crippen LogP contribution in [0.5, 0.6) is 34.5 Å². The van der Waals surface area contributed by atoms with E-state index in [1.165, 1.54) is 11.1 Å². The van der Waals surface area contributed by atoms with Crippen molar-refractivity contribution in [3.63, 3.8) is 0 Å². The molecule has 0 aliphatic carbocycles. The maximum atomic E-state index is 7.54. The van der Waals surface area contributed by atoms with Crippen LogP contribution in [0.25, 0.3) is 33.4 Å². The van der Waals surface area contributed by atoms with Gasteiger partial charge in [0.1, 0.15) is 22.9 Å². The van der Waals surface area contributed by atoms with E-state index < -0.39 is 6.04 Å². The van der Waals surface area contributed by atoms with Gasteiger partial charge in [0, 0.05) is 16.4 Å². The Balaban J connectivity index is 1.21. The Bertz CT molecular complexity index is 3170. The molecule has 63 heavy (non-hydrogen) atoms. The number of anilines is 6. The van der Waals surface area contributed by atoms with E-state index in [4.69, 9.17) is 26.0 Å². The Hall–Kier alpha value is -6.59. The van der Waals surface area contributed by atoms with Gasteiger partial charge in [-0.05, 0) is 92.7 Å². The molecule has 13 rings (SSSR count). The quantitative estimate of drug-likeness (QED) is 0.165. The minimum absolute atomic E-state index is 0.0901. The number of hydrogen-bond acceptors (Lipinski definition) is 6. The van der Waals surface area contributed by atoms with Gasteiger partial charge in [-0.25, -0.2) is 0 Å². The maximum absolute atomic E-state index is 7.54. The van der Waals surface area contributed by atoms with Crippen molar-refractivity contribution in [3.8, 4) is 67.9 Å². The Morgan fingerprint density at radius 2 is 0.810 bits per heavy atom. The van der Waals surface area contributed by atoms with Crippen LogP contribution in [0.15, 0.2) is 152 Å². The predicted octanol–water partition coefficient (Wildman–Crippen LogP) is 14.9. The molecule has 0 spiro atoms. The highest BCUT2D eigenvalue weighted by Crippen LogP contribution is 2.73. The second-order valence-corrected chi connectivity index (χ2v) is 23.5. The van der Waals surface area contributed by atoms with Crippen LogP contribution in [0.2, 0.25) is 0 Å². The van der Waals surface area contributed by atoms with Gasteiger partial charge in [-0.15, -0.1) is 0 Å². The van der Waals surface area contributed by atoms with Crippen molar-refractivity contribution in [1.29, 1.82) is 0 Å². The fourth-order valence-corrected chi connectivity index (χ4v) is 15.4. The molecule has 0 saturated heterocycles. The standard InChI is InChI=1S/C56H43N2O3PS/c1-55(2,3)36-22-24-40-44(28-36)60-50-38(33-18-12-8-13-19-33)30-46-53-48(50)57(40)42-26-35(32-16-10-7-11-17-32)27-43-52(42)62(53,63)54-47(59-46)31-39(34-20-14-9-15-21-34)51-49(54)58(43)41-25-23-37(56(4,5)6)29-45(41)61-51/h7-31H,1-6H3. The number of fused-ring (bicyclic) bond motifs is 6. The van der Waals surface area contributed by atoms with E-state index in [2.05, 4.69) is 203 Å². The Morgan fingerprint density at radius 3 is 1.22 bits per heavy atom. The van der Waals surface area contributed by atoms with Gasteiger partial charge in [-0.3, -0.25) is 0 Å². The van der Waals surface area contributed by atoms with E-state index in [-0.39, 0.29) is 10.8 Å². The monoisotopic (exact) mass is 854 g/mol. The highest BCUT2D eigenvalue weighted by Gasteiger charge is 2.55. The van der Waals surface area contributed by atoms with Crippen molar-refractivity contribution in [1.82, 2.24) is 0 Å². The lowest BCUT2D eigenvalue weighted by Gasteiger charge is -2.52. The van der Waals surface area contributed by atoms with Crippen LogP contribution >= 0.6 is 6.04 Å². The molecule has 0 unspecified atom stereocenters. The van der Waals surface area contributed by atoms with Gasteiger partial charge in [0.05, 0.1) is 39.4 Å². The number of benzene rings is 8. The molecule has 0 saturated carbocycles. The molecular weight excluding hydrogens is 812 g/mol. The average Bonchev–Trinajstić information content (AvgIpc) is 3.28. The van der Waals surface area contributed by atoms with Gasteiger partial charge >= 0.3 is 0 Å². The Labute approximate surface area is 373 Å². The van der Waals surface area contributed by atoms with Crippen molar-refractivity contribution in [2.75, 3.05) is 9.80 Å². The van der Waals surface area contributed by atoms with Crippen LogP contribution in [0.3, 0.4) is 0 Å². The molecule has 0 fully saturated rings. The first-order chi connectivity index (χ1) is 30.4. The summed E-state index contributed by atoms with van der Waals surface area (Å²) in [6, 6.07) is 51.4. The van der Waals surface area contributed by atoms with E-state index in [9.17, 15) is 0 Å². The van der Waals surface area contributed by atoms with Gasteiger partial charge in [0.15, 0.2) is 23.0 Å². The highest BCUT2D eigenvalue weighted by atomic mass is 32.4. The summed E-state index contributed by atoms with van der Waals surface area (Å²) < 4.78 is 22.0. The van der Waals surface area contributed by atoms with E-state index >= 15 is 0 Å². The lowest BCUT2D eigenvalue weighted by molar-refractivity contribution is 0.463. The van der Waals surface area contributed by atoms with Crippen LogP contribution in [0, 0.1) is 0 Å². The number of rotatable bonds is 3. The number of nitrogens with zero attached hydrogens (tertiary/aromatic N) is 2. The molecule has 0 N–H and O–H groups in total. The minimum Gasteiger partial charge on any atom is -0.456 e. The molecule has 5 nitrogen and oxygen atoms in total. The Kier molecular flexibility index (Phi) is 7.36. The van der Waals surface area contributed by atoms with Crippen LogP contribution in [0.1, 0.15) is 52.7 Å². The fraction of sp³-hybridized carbons (Fsp3) is 0.143. The largest absolute Gasteiger partial charge is 0.456 e. The maximum Gasteiger partial charge on any atom is 0.160 e. The average molecular weight is 855 g/mol. The second-order valence-electron chi connectivity index (χ2n) is 19.3. The molecule has 306 valence electrons. The van der Waals surface area contributed by atoms with Crippen LogP contribution < -0.4 is 39.9 Å². The molecule has 0 atom stereocenters. The van der Waals surface area contributed by atoms with Crippen LogP contribution in [0.4, 0.5) is 34.1 Å². The van der Waals surface area contributed by atoms with E-state index in [0.717, 1.165) is 118 Å². The lowest BCUT2D eigenvalue weighted by atomic mass is 9.86. The SMILES string of the molecule is CC(C)(C)c1ccc2c(c1)Oc1c(-c3ccccc3)cc3c4c1N2c1cc(-c2ccccc2)cc2c1P4(=S)c1c(cc(-c4ccccc4)c4c1N2c1ccc(C(C)(C)C)cc1O4)O3. The van der Waals surface area contributed by atoms with E-state index in [1.807, 2.05) is 0 Å². The Morgan fingerprint density at radius 1 is 0.397 bits per heavy atom. The third-order valence-corrected chi connectivity index (χ3v) is 18.2. The first-order valence-corrected chi connectivity index (χ1v) is 24.5. The van der Waals surface area contributed by atoms with Crippen molar-refractivity contribution in [2.24, 2.45) is 0 Å². The molecule has 5 heterocycles. The third-order valence-electron chi connectivity index (χ3n) is 13.4. The molecular formula is C56H43N2O3PS. The fourth-order valence-electron chi connectivity index (χ4n) is 10.3. The second kappa shape index (κ2) is 12.5. The summed E-state index contributed by atoms with van der Waals surface area (Å²) in [6.07, 6.45) is 0. The molecule has 8 aromatic carbocycles. The summed E-state index contributed by atoms with van der Waals surface area (Å²) in [5.74, 6) is 4.76. The van der Waals surface area contributed by atoms with Gasteiger partial charge < -0.3 is 24.0 Å². The number of hydrogen-bond donors (Lipinski definition) is 0. The summed E-state index contributed by atoms with van der Waals surface area (Å²) in [6.45, 7) is 13.5. The molecule has 8 aromatic rings. The molecule has 5 aliphatic heterocycles. The van der Waals surface area contributed by atoms with Gasteiger partial charge in [-0.2, -0.15) is 0 Å². The molecule has 7 heteroatoms. The first-order valence-electron chi connectivity index (χ1n) is 21.7. The molecule has 0 aromatic heterocycles. The van der Waals surface area contributed by atoms with Crippen molar-refractivity contribution in [2.45, 2.75) is 52.4 Å². The molecule has 5 aliphatic rings. The van der Waals surface area contributed by atoms with Gasteiger partial charge in [0.25, 0.3) is 0 Å². The zero-order chi connectivity index (χ0) is 42.7. The zero-order valence-corrected chi connectivity index (χ0v) is 37.6. The van der Waals surface area contributed by atoms with Crippen molar-refractivity contribution >= 4 is 67.9 Å².